The lowest BCUT2D eigenvalue weighted by molar-refractivity contribution is -0.112. The van der Waals surface area contributed by atoms with Crippen LogP contribution < -0.4 is 5.32 Å². The van der Waals surface area contributed by atoms with E-state index in [1.54, 1.807) is 13.1 Å². The molecule has 4 nitrogen and oxygen atoms in total. The van der Waals surface area contributed by atoms with Gasteiger partial charge in [0.1, 0.15) is 5.82 Å². The Morgan fingerprint density at radius 2 is 1.83 bits per heavy atom. The number of nitrogens with one attached hydrogen (secondary N) is 1. The molecule has 5 heteroatoms. The molecule has 1 aromatic carbocycles. The highest BCUT2D eigenvalue weighted by molar-refractivity contribution is 6.21. The van der Waals surface area contributed by atoms with Gasteiger partial charge in [-0.2, -0.15) is 0 Å². The number of allylic oxidation sites excluding steroid dienone is 5. The highest BCUT2D eigenvalue weighted by atomic mass is 19.1. The van der Waals surface area contributed by atoms with Gasteiger partial charge in [-0.25, -0.2) is 9.38 Å². The number of pyridine rings is 1. The summed E-state index contributed by atoms with van der Waals surface area (Å²) in [5, 5.41) is 2.80. The standard InChI is InChI=1S/C24H22FN3O/c1-15-13-16(2)23(27-18(4)22-7-5-6-12-26-22)21(14-15)17(3)24(29)28-20-10-8-19(25)9-11-20/h5-14H,4H2,1-3H3,(H,28,29)/b21-17+,27-23?. The van der Waals surface area contributed by atoms with Gasteiger partial charge in [0.05, 0.1) is 17.1 Å². The Balaban J connectivity index is 1.97. The fourth-order valence-corrected chi connectivity index (χ4v) is 3.00. The lowest BCUT2D eigenvalue weighted by atomic mass is 9.90. The van der Waals surface area contributed by atoms with Crippen LogP contribution in [0.2, 0.25) is 0 Å². The minimum atomic E-state index is -0.355. The molecule has 0 aliphatic heterocycles. The van der Waals surface area contributed by atoms with E-state index >= 15 is 0 Å². The molecular weight excluding hydrogens is 365 g/mol. The Morgan fingerprint density at radius 3 is 2.48 bits per heavy atom. The van der Waals surface area contributed by atoms with Gasteiger partial charge < -0.3 is 5.32 Å². The molecule has 1 aliphatic carbocycles. The van der Waals surface area contributed by atoms with Gasteiger partial charge in [-0.05, 0) is 68.8 Å². The maximum atomic E-state index is 13.1. The summed E-state index contributed by atoms with van der Waals surface area (Å²) in [6.07, 6.45) is 5.63. The summed E-state index contributed by atoms with van der Waals surface area (Å²) >= 11 is 0. The fraction of sp³-hybridized carbons (Fsp3) is 0.125. The van der Waals surface area contributed by atoms with Crippen molar-refractivity contribution in [3.8, 4) is 0 Å². The second-order valence-corrected chi connectivity index (χ2v) is 6.84. The molecule has 1 amide bonds. The highest BCUT2D eigenvalue weighted by Gasteiger charge is 2.19. The van der Waals surface area contributed by atoms with Crippen LogP contribution in [0.3, 0.4) is 0 Å². The molecule has 0 spiro atoms. The molecule has 146 valence electrons. The number of hydrogen-bond donors (Lipinski definition) is 1. The van der Waals surface area contributed by atoms with E-state index in [9.17, 15) is 9.18 Å². The first kappa shape index (κ1) is 20.1. The van der Waals surface area contributed by atoms with Crippen molar-refractivity contribution in [3.63, 3.8) is 0 Å². The van der Waals surface area contributed by atoms with Crippen molar-refractivity contribution in [3.05, 3.63) is 101 Å². The number of aromatic nitrogens is 1. The van der Waals surface area contributed by atoms with Crippen LogP contribution in [0.1, 0.15) is 26.5 Å². The third kappa shape index (κ3) is 4.82. The summed E-state index contributed by atoms with van der Waals surface area (Å²) in [6.45, 7) is 9.70. The number of nitrogens with zero attached hydrogens (tertiary/aromatic N) is 2. The summed E-state index contributed by atoms with van der Waals surface area (Å²) in [5.41, 5.74) is 5.58. The largest absolute Gasteiger partial charge is 0.322 e. The first-order valence-corrected chi connectivity index (χ1v) is 9.19. The maximum absolute atomic E-state index is 13.1. The van der Waals surface area contributed by atoms with Crippen LogP contribution in [-0.2, 0) is 4.79 Å². The first-order chi connectivity index (χ1) is 13.8. The van der Waals surface area contributed by atoms with Crippen molar-refractivity contribution in [2.45, 2.75) is 20.8 Å². The zero-order valence-corrected chi connectivity index (χ0v) is 16.7. The molecule has 1 N–H and O–H groups in total. The Kier molecular flexibility index (Phi) is 5.98. The minimum absolute atomic E-state index is 0.276. The molecule has 0 saturated carbocycles. The number of aliphatic imine (C=N–C) groups is 1. The van der Waals surface area contributed by atoms with E-state index < -0.39 is 0 Å². The lowest BCUT2D eigenvalue weighted by Crippen LogP contribution is -2.19. The molecule has 0 fully saturated rings. The van der Waals surface area contributed by atoms with Crippen LogP contribution in [0.25, 0.3) is 5.70 Å². The zero-order valence-electron chi connectivity index (χ0n) is 16.7. The second-order valence-electron chi connectivity index (χ2n) is 6.84. The normalized spacial score (nSPS) is 16.8. The molecule has 0 bridgehead atoms. The number of rotatable bonds is 4. The van der Waals surface area contributed by atoms with Crippen molar-refractivity contribution in [1.29, 1.82) is 0 Å². The number of anilines is 1. The van der Waals surface area contributed by atoms with E-state index in [2.05, 4.69) is 21.9 Å². The summed E-state index contributed by atoms with van der Waals surface area (Å²) in [7, 11) is 0. The predicted octanol–water partition coefficient (Wildman–Crippen LogP) is 5.49. The van der Waals surface area contributed by atoms with Gasteiger partial charge in [0.15, 0.2) is 0 Å². The number of halogens is 1. The van der Waals surface area contributed by atoms with Crippen LogP contribution in [-0.4, -0.2) is 16.6 Å². The van der Waals surface area contributed by atoms with E-state index in [-0.39, 0.29) is 11.7 Å². The molecule has 1 aromatic heterocycles. The predicted molar refractivity (Wildman–Crippen MR) is 116 cm³/mol. The topological polar surface area (TPSA) is 54.4 Å². The van der Waals surface area contributed by atoms with Gasteiger partial charge in [0.25, 0.3) is 5.91 Å². The number of amides is 1. The molecule has 0 radical (unpaired) electrons. The van der Waals surface area contributed by atoms with E-state index in [4.69, 9.17) is 0 Å². The van der Waals surface area contributed by atoms with Gasteiger partial charge in [-0.1, -0.05) is 24.3 Å². The smallest absolute Gasteiger partial charge is 0.251 e. The maximum Gasteiger partial charge on any atom is 0.251 e. The molecule has 3 rings (SSSR count). The van der Waals surface area contributed by atoms with Crippen molar-refractivity contribution in [1.82, 2.24) is 4.98 Å². The average molecular weight is 387 g/mol. The molecule has 1 heterocycles. The highest BCUT2D eigenvalue weighted by Crippen LogP contribution is 2.26. The van der Waals surface area contributed by atoms with Crippen LogP contribution in [0.5, 0.6) is 0 Å². The molecule has 0 unspecified atom stereocenters. The number of carbonyl (C=O) groups excluding carboxylic acids is 1. The second kappa shape index (κ2) is 8.61. The van der Waals surface area contributed by atoms with Crippen molar-refractivity contribution in [2.24, 2.45) is 4.99 Å². The van der Waals surface area contributed by atoms with Crippen LogP contribution in [0.15, 0.2) is 94.7 Å². The van der Waals surface area contributed by atoms with Gasteiger partial charge >= 0.3 is 0 Å². The molecule has 2 aromatic rings. The minimum Gasteiger partial charge on any atom is -0.322 e. The number of benzene rings is 1. The summed E-state index contributed by atoms with van der Waals surface area (Å²) < 4.78 is 13.1. The van der Waals surface area contributed by atoms with E-state index in [0.29, 0.717) is 28.4 Å². The van der Waals surface area contributed by atoms with Crippen molar-refractivity contribution < 1.29 is 9.18 Å². The van der Waals surface area contributed by atoms with E-state index in [1.807, 2.05) is 44.2 Å². The molecule has 0 saturated heterocycles. The Hall–Kier alpha value is -3.60. The van der Waals surface area contributed by atoms with Gasteiger partial charge in [-0.3, -0.25) is 9.78 Å². The van der Waals surface area contributed by atoms with Gasteiger partial charge in [0.2, 0.25) is 0 Å². The third-order valence-corrected chi connectivity index (χ3v) is 4.50. The van der Waals surface area contributed by atoms with Crippen molar-refractivity contribution in [2.75, 3.05) is 5.32 Å². The SMILES string of the molecule is C=C(N=C1C(C)=CC(C)=C/C1=C(/C)C(=O)Nc1ccc(F)cc1)c1ccccn1. The van der Waals surface area contributed by atoms with Crippen molar-refractivity contribution >= 4 is 23.0 Å². The first-order valence-electron chi connectivity index (χ1n) is 9.19. The van der Waals surface area contributed by atoms with Crippen LogP contribution >= 0.6 is 0 Å². The fourth-order valence-electron chi connectivity index (χ4n) is 3.00. The molecule has 0 atom stereocenters. The Labute approximate surface area is 169 Å². The van der Waals surface area contributed by atoms with Crippen LogP contribution in [0, 0.1) is 5.82 Å². The van der Waals surface area contributed by atoms with E-state index in [1.165, 1.54) is 24.3 Å². The Morgan fingerprint density at radius 1 is 1.10 bits per heavy atom. The number of hydrogen-bond acceptors (Lipinski definition) is 3. The average Bonchev–Trinajstić information content (AvgIpc) is 2.71. The van der Waals surface area contributed by atoms with Gasteiger partial charge in [-0.15, -0.1) is 0 Å². The summed E-state index contributed by atoms with van der Waals surface area (Å²) in [5.74, 6) is -0.631. The van der Waals surface area contributed by atoms with E-state index in [0.717, 1.165) is 16.7 Å². The Bertz CT molecular complexity index is 1070. The lowest BCUT2D eigenvalue weighted by Gasteiger charge is -2.18. The monoisotopic (exact) mass is 387 g/mol. The summed E-state index contributed by atoms with van der Waals surface area (Å²) in [4.78, 5) is 21.8. The molecule has 29 heavy (non-hydrogen) atoms. The summed E-state index contributed by atoms with van der Waals surface area (Å²) in [6, 6.07) is 11.2. The van der Waals surface area contributed by atoms with Gasteiger partial charge in [0, 0.05) is 23.0 Å². The molecular formula is C24H22FN3O. The molecule has 1 aliphatic rings. The van der Waals surface area contributed by atoms with Crippen LogP contribution in [0.4, 0.5) is 10.1 Å². The quantitative estimate of drug-likeness (QED) is 0.705. The number of carbonyl (C=O) groups is 1. The zero-order chi connectivity index (χ0) is 21.0. The third-order valence-electron chi connectivity index (χ3n) is 4.50.